The molecule has 122 valence electrons. The highest BCUT2D eigenvalue weighted by Crippen LogP contribution is 2.23. The van der Waals surface area contributed by atoms with Crippen molar-refractivity contribution in [3.8, 4) is 23.8 Å². The van der Waals surface area contributed by atoms with Crippen molar-refractivity contribution >= 4 is 17.6 Å². The molecule has 0 fully saturated rings. The maximum absolute atomic E-state index is 11.4. The van der Waals surface area contributed by atoms with E-state index in [0.29, 0.717) is 11.4 Å². The van der Waals surface area contributed by atoms with E-state index < -0.39 is 0 Å². The molecule has 2 aromatic carbocycles. The number of amides is 1. The minimum atomic E-state index is -0.293. The first-order chi connectivity index (χ1) is 11.7. The van der Waals surface area contributed by atoms with E-state index in [1.54, 1.807) is 6.07 Å². The molecule has 2 aromatic rings. The van der Waals surface area contributed by atoms with Gasteiger partial charge in [-0.25, -0.2) is 4.99 Å². The number of aliphatic imine (C=N–C) groups is 1. The smallest absolute Gasteiger partial charge is 0.242 e. The van der Waals surface area contributed by atoms with Crippen LogP contribution in [-0.4, -0.2) is 25.0 Å². The normalized spacial score (nSPS) is 10.5. The first kappa shape index (κ1) is 16.9. The highest BCUT2D eigenvalue weighted by Gasteiger charge is 2.02. The zero-order chi connectivity index (χ0) is 17.2. The predicted molar refractivity (Wildman–Crippen MR) is 94.9 cm³/mol. The number of terminal acetylenes is 1. The van der Waals surface area contributed by atoms with Crippen molar-refractivity contribution in [1.29, 1.82) is 0 Å². The van der Waals surface area contributed by atoms with Gasteiger partial charge in [-0.3, -0.25) is 4.79 Å². The van der Waals surface area contributed by atoms with Crippen LogP contribution in [-0.2, 0) is 4.79 Å². The Morgan fingerprint density at radius 1 is 1.17 bits per heavy atom. The van der Waals surface area contributed by atoms with E-state index in [1.165, 1.54) is 0 Å². The molecule has 0 unspecified atom stereocenters. The molecule has 0 spiro atoms. The number of nitrogens with zero attached hydrogens (tertiary/aromatic N) is 1. The van der Waals surface area contributed by atoms with E-state index in [1.807, 2.05) is 48.5 Å². The van der Waals surface area contributed by atoms with Crippen LogP contribution in [0.4, 0.5) is 5.69 Å². The third-order valence-electron chi connectivity index (χ3n) is 2.87. The molecule has 24 heavy (non-hydrogen) atoms. The molecule has 0 saturated heterocycles. The van der Waals surface area contributed by atoms with Gasteiger partial charge in [0.15, 0.2) is 5.96 Å². The van der Waals surface area contributed by atoms with E-state index >= 15 is 0 Å². The average Bonchev–Trinajstić information content (AvgIpc) is 2.59. The summed E-state index contributed by atoms with van der Waals surface area (Å²) in [4.78, 5) is 15.3. The van der Waals surface area contributed by atoms with Crippen LogP contribution in [0.1, 0.15) is 0 Å². The molecule has 0 aromatic heterocycles. The SMILES string of the molecule is C#CCNC(=O)CN=C(N)Nc1cccc(Oc2ccccc2)c1. The van der Waals surface area contributed by atoms with Gasteiger partial charge in [0, 0.05) is 11.8 Å². The maximum Gasteiger partial charge on any atom is 0.242 e. The molecule has 0 radical (unpaired) electrons. The number of carbonyl (C=O) groups excluding carboxylic acids is 1. The van der Waals surface area contributed by atoms with E-state index in [4.69, 9.17) is 16.9 Å². The first-order valence-electron chi connectivity index (χ1n) is 7.27. The molecule has 0 heterocycles. The summed E-state index contributed by atoms with van der Waals surface area (Å²) in [6.45, 7) is 0.0707. The Kier molecular flexibility index (Phi) is 6.24. The predicted octanol–water partition coefficient (Wildman–Crippen LogP) is 1.95. The van der Waals surface area contributed by atoms with Gasteiger partial charge >= 0.3 is 0 Å². The third kappa shape index (κ3) is 5.73. The number of para-hydroxylation sites is 1. The molecule has 0 atom stereocenters. The number of ether oxygens (including phenoxy) is 1. The molecule has 4 N–H and O–H groups in total. The second-order valence-electron chi connectivity index (χ2n) is 4.75. The number of carbonyl (C=O) groups is 1. The van der Waals surface area contributed by atoms with Crippen LogP contribution in [0.15, 0.2) is 59.6 Å². The van der Waals surface area contributed by atoms with Gasteiger partial charge in [0.25, 0.3) is 0 Å². The fourth-order valence-electron chi connectivity index (χ4n) is 1.81. The molecular weight excluding hydrogens is 304 g/mol. The van der Waals surface area contributed by atoms with Crippen molar-refractivity contribution in [2.45, 2.75) is 0 Å². The lowest BCUT2D eigenvalue weighted by Gasteiger charge is -2.09. The summed E-state index contributed by atoms with van der Waals surface area (Å²) in [5, 5.41) is 5.41. The Labute approximate surface area is 140 Å². The molecule has 1 amide bonds. The van der Waals surface area contributed by atoms with Gasteiger partial charge in [0.05, 0.1) is 6.54 Å². The number of benzene rings is 2. The number of hydrogen-bond donors (Lipinski definition) is 3. The first-order valence-corrected chi connectivity index (χ1v) is 7.27. The molecular formula is C18H18N4O2. The lowest BCUT2D eigenvalue weighted by molar-refractivity contribution is -0.119. The zero-order valence-electron chi connectivity index (χ0n) is 13.0. The van der Waals surface area contributed by atoms with E-state index in [9.17, 15) is 4.79 Å². The third-order valence-corrected chi connectivity index (χ3v) is 2.87. The second-order valence-corrected chi connectivity index (χ2v) is 4.75. The molecule has 6 heteroatoms. The van der Waals surface area contributed by atoms with E-state index in [2.05, 4.69) is 21.5 Å². The summed E-state index contributed by atoms with van der Waals surface area (Å²) in [7, 11) is 0. The number of nitrogens with two attached hydrogens (primary N) is 1. The van der Waals surface area contributed by atoms with Crippen LogP contribution in [0, 0.1) is 12.3 Å². The summed E-state index contributed by atoms with van der Waals surface area (Å²) in [6.07, 6.45) is 5.05. The largest absolute Gasteiger partial charge is 0.457 e. The highest BCUT2D eigenvalue weighted by molar-refractivity contribution is 5.94. The molecule has 0 aliphatic heterocycles. The molecule has 0 saturated carbocycles. The zero-order valence-corrected chi connectivity index (χ0v) is 13.0. The van der Waals surface area contributed by atoms with E-state index in [0.717, 1.165) is 5.75 Å². The van der Waals surface area contributed by atoms with Crippen LogP contribution in [0.2, 0.25) is 0 Å². The summed E-state index contributed by atoms with van der Waals surface area (Å²) < 4.78 is 5.74. The van der Waals surface area contributed by atoms with Crippen molar-refractivity contribution in [2.24, 2.45) is 10.7 Å². The van der Waals surface area contributed by atoms with Crippen molar-refractivity contribution in [2.75, 3.05) is 18.4 Å². The Bertz CT molecular complexity index is 751. The lowest BCUT2D eigenvalue weighted by atomic mass is 10.3. The van der Waals surface area contributed by atoms with Crippen molar-refractivity contribution in [1.82, 2.24) is 5.32 Å². The van der Waals surface area contributed by atoms with Gasteiger partial charge in [-0.2, -0.15) is 0 Å². The number of anilines is 1. The van der Waals surface area contributed by atoms with Crippen LogP contribution in [0.5, 0.6) is 11.5 Å². The van der Waals surface area contributed by atoms with E-state index in [-0.39, 0.29) is 25.0 Å². The van der Waals surface area contributed by atoms with Gasteiger partial charge in [0.2, 0.25) is 5.91 Å². The van der Waals surface area contributed by atoms with Gasteiger partial charge < -0.3 is 21.1 Å². The second kappa shape index (κ2) is 8.86. The summed E-state index contributed by atoms with van der Waals surface area (Å²) >= 11 is 0. The van der Waals surface area contributed by atoms with Crippen molar-refractivity contribution in [3.63, 3.8) is 0 Å². The summed E-state index contributed by atoms with van der Waals surface area (Å²) in [5.74, 6) is 3.54. The Balaban J connectivity index is 1.94. The Morgan fingerprint density at radius 3 is 2.67 bits per heavy atom. The van der Waals surface area contributed by atoms with Crippen LogP contribution >= 0.6 is 0 Å². The minimum absolute atomic E-state index is 0.0965. The fourth-order valence-corrected chi connectivity index (χ4v) is 1.81. The number of rotatable bonds is 6. The van der Waals surface area contributed by atoms with Crippen molar-refractivity contribution in [3.05, 3.63) is 54.6 Å². The molecule has 0 aliphatic rings. The van der Waals surface area contributed by atoms with Crippen LogP contribution in [0.3, 0.4) is 0 Å². The van der Waals surface area contributed by atoms with Gasteiger partial charge in [0.1, 0.15) is 18.0 Å². The Hall–Kier alpha value is -3.46. The number of guanidine groups is 1. The highest BCUT2D eigenvalue weighted by atomic mass is 16.5. The van der Waals surface area contributed by atoms with Gasteiger partial charge in [-0.1, -0.05) is 30.2 Å². The molecule has 6 nitrogen and oxygen atoms in total. The maximum atomic E-state index is 11.4. The van der Waals surface area contributed by atoms with Crippen molar-refractivity contribution < 1.29 is 9.53 Å². The Morgan fingerprint density at radius 2 is 1.92 bits per heavy atom. The molecule has 0 aliphatic carbocycles. The van der Waals surface area contributed by atoms with Crippen LogP contribution < -0.4 is 21.1 Å². The quantitative estimate of drug-likeness (QED) is 0.431. The molecule has 0 bridgehead atoms. The average molecular weight is 322 g/mol. The van der Waals surface area contributed by atoms with Crippen LogP contribution in [0.25, 0.3) is 0 Å². The fraction of sp³-hybridized carbons (Fsp3) is 0.111. The molecule has 2 rings (SSSR count). The number of hydrogen-bond acceptors (Lipinski definition) is 3. The summed E-state index contributed by atoms with van der Waals surface area (Å²) in [6, 6.07) is 16.7. The standard InChI is InChI=1S/C18H18N4O2/c1-2-11-20-17(23)13-21-18(19)22-14-7-6-10-16(12-14)24-15-8-4-3-5-9-15/h1,3-10,12H,11,13H2,(H,20,23)(H3,19,21,22). The monoisotopic (exact) mass is 322 g/mol. The number of nitrogens with one attached hydrogen (secondary N) is 2. The lowest BCUT2D eigenvalue weighted by Crippen LogP contribution is -2.29. The van der Waals surface area contributed by atoms with Gasteiger partial charge in [-0.15, -0.1) is 6.42 Å². The summed E-state index contributed by atoms with van der Waals surface area (Å²) in [5.41, 5.74) is 6.47. The minimum Gasteiger partial charge on any atom is -0.457 e. The van der Waals surface area contributed by atoms with Gasteiger partial charge in [-0.05, 0) is 24.3 Å². The topological polar surface area (TPSA) is 88.7 Å².